The maximum atomic E-state index is 11.5. The van der Waals surface area contributed by atoms with Crippen LogP contribution in [-0.2, 0) is 9.53 Å². The van der Waals surface area contributed by atoms with Gasteiger partial charge in [-0.15, -0.1) is 0 Å². The summed E-state index contributed by atoms with van der Waals surface area (Å²) >= 11 is 0. The van der Waals surface area contributed by atoms with Crippen molar-refractivity contribution in [2.24, 2.45) is 0 Å². The molecule has 1 aliphatic carbocycles. The minimum absolute atomic E-state index is 0.323. The van der Waals surface area contributed by atoms with Gasteiger partial charge in [-0.1, -0.05) is 30.4 Å². The van der Waals surface area contributed by atoms with E-state index in [0.29, 0.717) is 12.3 Å². The Labute approximate surface area is 94.5 Å². The van der Waals surface area contributed by atoms with E-state index in [2.05, 4.69) is 5.32 Å². The molecule has 0 aromatic rings. The van der Waals surface area contributed by atoms with Gasteiger partial charge in [-0.3, -0.25) is 0 Å². The van der Waals surface area contributed by atoms with Gasteiger partial charge in [0.25, 0.3) is 0 Å². The van der Waals surface area contributed by atoms with Gasteiger partial charge in [0.15, 0.2) is 0 Å². The van der Waals surface area contributed by atoms with Crippen molar-refractivity contribution in [1.82, 2.24) is 5.32 Å². The first kappa shape index (κ1) is 10.5. The predicted octanol–water partition coefficient (Wildman–Crippen LogP) is 1.97. The summed E-state index contributed by atoms with van der Waals surface area (Å²) in [6.07, 6.45) is 13.4. The lowest BCUT2D eigenvalue weighted by atomic mass is 10.1. The molecule has 1 heterocycles. The number of ether oxygens (including phenoxy) is 1. The molecule has 2 aliphatic rings. The number of allylic oxidation sites excluding steroid dienone is 7. The molecule has 0 bridgehead atoms. The molecule has 0 fully saturated rings. The maximum absolute atomic E-state index is 11.5. The van der Waals surface area contributed by atoms with Gasteiger partial charge < -0.3 is 10.1 Å². The highest BCUT2D eigenvalue weighted by molar-refractivity contribution is 5.89. The maximum Gasteiger partial charge on any atom is 0.354 e. The van der Waals surface area contributed by atoms with E-state index in [1.165, 1.54) is 0 Å². The van der Waals surface area contributed by atoms with Crippen molar-refractivity contribution >= 4 is 5.97 Å². The van der Waals surface area contributed by atoms with Crippen molar-refractivity contribution in [3.05, 3.63) is 59.5 Å². The molecule has 0 atom stereocenters. The summed E-state index contributed by atoms with van der Waals surface area (Å²) < 4.78 is 4.93. The van der Waals surface area contributed by atoms with Crippen LogP contribution in [0.15, 0.2) is 59.5 Å². The molecule has 82 valence electrons. The average molecular weight is 215 g/mol. The lowest BCUT2D eigenvalue weighted by Crippen LogP contribution is -2.24. The molecule has 0 unspecified atom stereocenters. The Morgan fingerprint density at radius 3 is 2.94 bits per heavy atom. The quantitative estimate of drug-likeness (QED) is 0.716. The fraction of sp³-hybridized carbons (Fsp3) is 0.154. The number of nitrogens with one attached hydrogen (secondary N) is 1. The average Bonchev–Trinajstić information content (AvgIpc) is 2.53. The molecule has 0 spiro atoms. The zero-order valence-corrected chi connectivity index (χ0v) is 9.07. The molecule has 1 N–H and O–H groups in total. The number of dihydropyridines is 1. The molecule has 16 heavy (non-hydrogen) atoms. The Balaban J connectivity index is 2.23. The molecule has 3 nitrogen and oxygen atoms in total. The number of fused-ring (bicyclic) bond motifs is 1. The Morgan fingerprint density at radius 2 is 2.12 bits per heavy atom. The predicted molar refractivity (Wildman–Crippen MR) is 62.3 cm³/mol. The summed E-state index contributed by atoms with van der Waals surface area (Å²) in [5, 5.41) is 3.06. The Kier molecular flexibility index (Phi) is 3.05. The highest BCUT2D eigenvalue weighted by atomic mass is 16.5. The first-order chi connectivity index (χ1) is 7.81. The van der Waals surface area contributed by atoms with Crippen molar-refractivity contribution in [2.45, 2.75) is 6.92 Å². The van der Waals surface area contributed by atoms with Gasteiger partial charge in [0, 0.05) is 5.70 Å². The van der Waals surface area contributed by atoms with E-state index in [9.17, 15) is 4.79 Å². The van der Waals surface area contributed by atoms with Crippen LogP contribution in [0.1, 0.15) is 6.92 Å². The van der Waals surface area contributed by atoms with Crippen LogP contribution in [0.25, 0.3) is 0 Å². The minimum atomic E-state index is -0.323. The highest BCUT2D eigenvalue weighted by Crippen LogP contribution is 2.18. The van der Waals surface area contributed by atoms with Crippen molar-refractivity contribution in [2.75, 3.05) is 6.61 Å². The van der Waals surface area contributed by atoms with E-state index in [1.807, 2.05) is 36.5 Å². The molecule has 0 saturated carbocycles. The largest absolute Gasteiger partial charge is 0.461 e. The first-order valence-corrected chi connectivity index (χ1v) is 5.23. The molecular formula is C13H13NO2. The van der Waals surface area contributed by atoms with Crippen molar-refractivity contribution < 1.29 is 9.53 Å². The number of carbonyl (C=O) groups excluding carboxylic acids is 1. The third kappa shape index (κ3) is 2.14. The summed E-state index contributed by atoms with van der Waals surface area (Å²) in [5.74, 6) is -0.323. The molecule has 1 aliphatic heterocycles. The van der Waals surface area contributed by atoms with E-state index in [-0.39, 0.29) is 5.97 Å². The van der Waals surface area contributed by atoms with E-state index in [0.717, 1.165) is 11.3 Å². The van der Waals surface area contributed by atoms with Crippen molar-refractivity contribution in [1.29, 1.82) is 0 Å². The van der Waals surface area contributed by atoms with Crippen LogP contribution in [0.2, 0.25) is 0 Å². The fourth-order valence-corrected chi connectivity index (χ4v) is 1.51. The number of hydrogen-bond acceptors (Lipinski definition) is 3. The Bertz CT molecular complexity index is 451. The van der Waals surface area contributed by atoms with Gasteiger partial charge >= 0.3 is 5.97 Å². The molecule has 0 saturated heterocycles. The topological polar surface area (TPSA) is 38.3 Å². The fourth-order valence-electron chi connectivity index (χ4n) is 1.51. The van der Waals surface area contributed by atoms with Crippen LogP contribution in [0.4, 0.5) is 0 Å². The van der Waals surface area contributed by atoms with Crippen molar-refractivity contribution in [3.8, 4) is 0 Å². The van der Waals surface area contributed by atoms with E-state index >= 15 is 0 Å². The Morgan fingerprint density at radius 1 is 1.25 bits per heavy atom. The standard InChI is InChI=1S/C13H13NO2/c1-2-16-13(15)12-9-8-10-6-4-3-5-7-11(10)14-12/h3-9,14H,2H2,1H3. The highest BCUT2D eigenvalue weighted by Gasteiger charge is 2.16. The SMILES string of the molecule is CCOC(=O)C1=CC=C2C=CC=CC=C2N1. The molecule has 3 heteroatoms. The Hall–Kier alpha value is -2.03. The van der Waals surface area contributed by atoms with Gasteiger partial charge in [0.2, 0.25) is 0 Å². The van der Waals surface area contributed by atoms with Gasteiger partial charge in [-0.2, -0.15) is 0 Å². The van der Waals surface area contributed by atoms with E-state index < -0.39 is 0 Å². The van der Waals surface area contributed by atoms with Gasteiger partial charge in [0.05, 0.1) is 6.61 Å². The van der Waals surface area contributed by atoms with Crippen LogP contribution in [-0.4, -0.2) is 12.6 Å². The van der Waals surface area contributed by atoms with Gasteiger partial charge in [0.1, 0.15) is 5.70 Å². The van der Waals surface area contributed by atoms with Crippen LogP contribution in [0, 0.1) is 0 Å². The molecule has 0 aromatic heterocycles. The molecular weight excluding hydrogens is 202 g/mol. The zero-order chi connectivity index (χ0) is 11.4. The second-order valence-electron chi connectivity index (χ2n) is 3.37. The summed E-state index contributed by atoms with van der Waals surface area (Å²) in [4.78, 5) is 11.5. The van der Waals surface area contributed by atoms with Crippen LogP contribution in [0.3, 0.4) is 0 Å². The summed E-state index contributed by atoms with van der Waals surface area (Å²) in [6, 6.07) is 0. The first-order valence-electron chi connectivity index (χ1n) is 5.23. The molecule has 0 radical (unpaired) electrons. The lowest BCUT2D eigenvalue weighted by molar-refractivity contribution is -0.138. The van der Waals surface area contributed by atoms with Crippen LogP contribution >= 0.6 is 0 Å². The summed E-state index contributed by atoms with van der Waals surface area (Å²) in [6.45, 7) is 2.17. The number of rotatable bonds is 2. The third-order valence-electron chi connectivity index (χ3n) is 2.27. The zero-order valence-electron chi connectivity index (χ0n) is 9.07. The second kappa shape index (κ2) is 4.66. The van der Waals surface area contributed by atoms with Crippen LogP contribution in [0.5, 0.6) is 0 Å². The molecule has 0 amide bonds. The third-order valence-corrected chi connectivity index (χ3v) is 2.27. The van der Waals surface area contributed by atoms with Crippen molar-refractivity contribution in [3.63, 3.8) is 0 Å². The summed E-state index contributed by atoms with van der Waals surface area (Å²) in [5.41, 5.74) is 2.44. The summed E-state index contributed by atoms with van der Waals surface area (Å²) in [7, 11) is 0. The number of hydrogen-bond donors (Lipinski definition) is 1. The normalized spacial score (nSPS) is 17.4. The van der Waals surface area contributed by atoms with Gasteiger partial charge in [-0.25, -0.2) is 4.79 Å². The molecule has 0 aromatic carbocycles. The monoisotopic (exact) mass is 215 g/mol. The van der Waals surface area contributed by atoms with Crippen LogP contribution < -0.4 is 5.32 Å². The number of carbonyl (C=O) groups is 1. The van der Waals surface area contributed by atoms with E-state index in [1.54, 1.807) is 13.0 Å². The van der Waals surface area contributed by atoms with E-state index in [4.69, 9.17) is 4.74 Å². The smallest absolute Gasteiger partial charge is 0.354 e. The lowest BCUT2D eigenvalue weighted by Gasteiger charge is -2.17. The molecule has 2 rings (SSSR count). The second-order valence-corrected chi connectivity index (χ2v) is 3.37. The minimum Gasteiger partial charge on any atom is -0.461 e. The van der Waals surface area contributed by atoms with Gasteiger partial charge in [-0.05, 0) is 24.6 Å². The number of esters is 1.